The molecule has 0 unspecified atom stereocenters. The maximum Gasteiger partial charge on any atom is 0.349 e. The van der Waals surface area contributed by atoms with Gasteiger partial charge in [0.15, 0.2) is 18.1 Å². The number of rotatable bonds is 6. The van der Waals surface area contributed by atoms with E-state index in [4.69, 9.17) is 25.8 Å². The molecular formula is C19H19ClO4. The highest BCUT2D eigenvalue weighted by Gasteiger charge is 2.10. The Balaban J connectivity index is 1.99. The van der Waals surface area contributed by atoms with Crippen LogP contribution in [0.4, 0.5) is 0 Å². The molecule has 0 aliphatic heterocycles. The number of hydrogen-bond acceptors (Lipinski definition) is 4. The summed E-state index contributed by atoms with van der Waals surface area (Å²) in [6.45, 7) is 3.56. The number of esters is 1. The minimum Gasteiger partial charge on any atom is -0.493 e. The Morgan fingerprint density at radius 2 is 1.96 bits per heavy atom. The molecular weight excluding hydrogens is 328 g/mol. The first-order valence-corrected chi connectivity index (χ1v) is 7.81. The first-order valence-electron chi connectivity index (χ1n) is 7.44. The van der Waals surface area contributed by atoms with Crippen LogP contribution in [0.1, 0.15) is 18.1 Å². The summed E-state index contributed by atoms with van der Waals surface area (Å²) in [7, 11) is 1.55. The Kier molecular flexibility index (Phi) is 6.27. The maximum absolute atomic E-state index is 11.9. The normalized spacial score (nSPS) is 10.7. The highest BCUT2D eigenvalue weighted by Crippen LogP contribution is 2.28. The Morgan fingerprint density at radius 1 is 1.17 bits per heavy atom. The van der Waals surface area contributed by atoms with Crippen molar-refractivity contribution in [3.63, 3.8) is 0 Å². The number of benzene rings is 2. The number of ether oxygens (including phenoxy) is 3. The van der Waals surface area contributed by atoms with Crippen molar-refractivity contribution in [3.8, 4) is 17.2 Å². The second-order valence-electron chi connectivity index (χ2n) is 5.08. The van der Waals surface area contributed by atoms with Crippen LogP contribution in [-0.4, -0.2) is 19.7 Å². The number of aryl methyl sites for hydroxylation is 1. The first kappa shape index (κ1) is 17.9. The van der Waals surface area contributed by atoms with E-state index in [0.29, 0.717) is 22.3 Å². The number of allylic oxidation sites excluding steroid dienone is 1. The molecule has 2 aromatic carbocycles. The van der Waals surface area contributed by atoms with Gasteiger partial charge in [0, 0.05) is 5.02 Å². The van der Waals surface area contributed by atoms with Crippen molar-refractivity contribution >= 4 is 23.6 Å². The summed E-state index contributed by atoms with van der Waals surface area (Å²) in [6, 6.07) is 10.5. The largest absolute Gasteiger partial charge is 0.493 e. The van der Waals surface area contributed by atoms with Gasteiger partial charge in [-0.25, -0.2) is 4.79 Å². The van der Waals surface area contributed by atoms with Crippen molar-refractivity contribution in [2.75, 3.05) is 13.7 Å². The van der Waals surface area contributed by atoms with Crippen LogP contribution in [0.5, 0.6) is 17.2 Å². The van der Waals surface area contributed by atoms with Crippen molar-refractivity contribution in [3.05, 3.63) is 58.6 Å². The van der Waals surface area contributed by atoms with Crippen LogP contribution in [0, 0.1) is 6.92 Å². The van der Waals surface area contributed by atoms with Crippen LogP contribution in [0.15, 0.2) is 42.5 Å². The van der Waals surface area contributed by atoms with Crippen LogP contribution in [-0.2, 0) is 4.79 Å². The summed E-state index contributed by atoms with van der Waals surface area (Å²) in [5.74, 6) is 0.966. The zero-order valence-corrected chi connectivity index (χ0v) is 14.6. The third kappa shape index (κ3) is 4.77. The summed E-state index contributed by atoms with van der Waals surface area (Å²) in [5.41, 5.74) is 1.82. The van der Waals surface area contributed by atoms with Gasteiger partial charge in [-0.3, -0.25) is 0 Å². The number of halogens is 1. The van der Waals surface area contributed by atoms with Gasteiger partial charge in [0.05, 0.1) is 7.11 Å². The zero-order valence-electron chi connectivity index (χ0n) is 13.8. The van der Waals surface area contributed by atoms with E-state index in [1.807, 2.05) is 38.1 Å². The summed E-state index contributed by atoms with van der Waals surface area (Å²) in [5, 5.41) is 0.622. The molecule has 4 nitrogen and oxygen atoms in total. The second kappa shape index (κ2) is 8.41. The third-order valence-corrected chi connectivity index (χ3v) is 3.68. The number of hydrogen-bond donors (Lipinski definition) is 0. The van der Waals surface area contributed by atoms with E-state index in [0.717, 1.165) is 11.1 Å². The minimum absolute atomic E-state index is 0.221. The molecule has 0 aromatic heterocycles. The van der Waals surface area contributed by atoms with Gasteiger partial charge in [-0.2, -0.15) is 0 Å². The summed E-state index contributed by atoms with van der Waals surface area (Å²) in [6.07, 6.45) is 3.88. The highest BCUT2D eigenvalue weighted by atomic mass is 35.5. The molecule has 0 heterocycles. The number of carbonyl (C=O) groups is 1. The molecule has 0 fully saturated rings. The molecule has 0 atom stereocenters. The first-order chi connectivity index (χ1) is 11.5. The van der Waals surface area contributed by atoms with Crippen molar-refractivity contribution < 1.29 is 19.0 Å². The lowest BCUT2D eigenvalue weighted by atomic mass is 10.2. The van der Waals surface area contributed by atoms with Crippen LogP contribution >= 0.6 is 11.6 Å². The van der Waals surface area contributed by atoms with E-state index in [1.165, 1.54) is 0 Å². The molecule has 0 amide bonds. The standard InChI is InChI=1S/C19H19ClO4/c1-4-5-14-6-9-17(18(11-14)22-3)23-12-19(21)24-15-7-8-16(20)13(2)10-15/h4-11H,12H2,1-3H3/b5-4+. The topological polar surface area (TPSA) is 44.8 Å². The average molecular weight is 347 g/mol. The van der Waals surface area contributed by atoms with E-state index < -0.39 is 5.97 Å². The van der Waals surface area contributed by atoms with Crippen molar-refractivity contribution in [2.45, 2.75) is 13.8 Å². The predicted octanol–water partition coefficient (Wildman–Crippen LogP) is 4.67. The molecule has 2 rings (SSSR count). The van der Waals surface area contributed by atoms with Gasteiger partial charge in [0.25, 0.3) is 0 Å². The number of carbonyl (C=O) groups excluding carboxylic acids is 1. The molecule has 0 spiro atoms. The minimum atomic E-state index is -0.503. The second-order valence-corrected chi connectivity index (χ2v) is 5.49. The smallest absolute Gasteiger partial charge is 0.349 e. The predicted molar refractivity (Wildman–Crippen MR) is 95.0 cm³/mol. The van der Waals surface area contributed by atoms with E-state index in [2.05, 4.69) is 0 Å². The lowest BCUT2D eigenvalue weighted by molar-refractivity contribution is -0.136. The van der Waals surface area contributed by atoms with E-state index >= 15 is 0 Å². The molecule has 0 radical (unpaired) electrons. The molecule has 5 heteroatoms. The van der Waals surface area contributed by atoms with Gasteiger partial charge in [0.1, 0.15) is 5.75 Å². The lowest BCUT2D eigenvalue weighted by Gasteiger charge is -2.11. The maximum atomic E-state index is 11.9. The Labute approximate surface area is 146 Å². The van der Waals surface area contributed by atoms with Gasteiger partial charge < -0.3 is 14.2 Å². The summed E-state index contributed by atoms with van der Waals surface area (Å²) in [4.78, 5) is 11.9. The van der Waals surface area contributed by atoms with Gasteiger partial charge in [-0.1, -0.05) is 29.8 Å². The van der Waals surface area contributed by atoms with Crippen LogP contribution < -0.4 is 14.2 Å². The Bertz CT molecular complexity index is 753. The lowest BCUT2D eigenvalue weighted by Crippen LogP contribution is -2.18. The average Bonchev–Trinajstić information content (AvgIpc) is 2.57. The molecule has 0 N–H and O–H groups in total. The van der Waals surface area contributed by atoms with Crippen molar-refractivity contribution in [1.82, 2.24) is 0 Å². The third-order valence-electron chi connectivity index (χ3n) is 3.25. The molecule has 0 aliphatic carbocycles. The molecule has 0 saturated carbocycles. The van der Waals surface area contributed by atoms with E-state index in [-0.39, 0.29) is 6.61 Å². The van der Waals surface area contributed by atoms with Crippen LogP contribution in [0.25, 0.3) is 6.08 Å². The molecule has 0 aliphatic rings. The summed E-state index contributed by atoms with van der Waals surface area (Å²) < 4.78 is 16.0. The van der Waals surface area contributed by atoms with Crippen molar-refractivity contribution in [2.24, 2.45) is 0 Å². The molecule has 0 bridgehead atoms. The number of methoxy groups -OCH3 is 1. The van der Waals surface area contributed by atoms with E-state index in [9.17, 15) is 4.79 Å². The SMILES string of the molecule is C/C=C/c1ccc(OCC(=O)Oc2ccc(Cl)c(C)c2)c(OC)c1. The van der Waals surface area contributed by atoms with Gasteiger partial charge in [0.2, 0.25) is 0 Å². The fourth-order valence-corrected chi connectivity index (χ4v) is 2.20. The van der Waals surface area contributed by atoms with Crippen LogP contribution in [0.3, 0.4) is 0 Å². The van der Waals surface area contributed by atoms with Crippen molar-refractivity contribution in [1.29, 1.82) is 0 Å². The monoisotopic (exact) mass is 346 g/mol. The quantitative estimate of drug-likeness (QED) is 0.563. The van der Waals surface area contributed by atoms with Crippen LogP contribution in [0.2, 0.25) is 5.02 Å². The van der Waals surface area contributed by atoms with Gasteiger partial charge >= 0.3 is 5.97 Å². The molecule has 126 valence electrons. The molecule has 2 aromatic rings. The van der Waals surface area contributed by atoms with E-state index in [1.54, 1.807) is 31.4 Å². The fraction of sp³-hybridized carbons (Fsp3) is 0.211. The Morgan fingerprint density at radius 3 is 2.62 bits per heavy atom. The Hall–Kier alpha value is -2.46. The molecule has 24 heavy (non-hydrogen) atoms. The van der Waals surface area contributed by atoms with Gasteiger partial charge in [-0.05, 0) is 55.3 Å². The highest BCUT2D eigenvalue weighted by molar-refractivity contribution is 6.31. The molecule has 0 saturated heterocycles. The fourth-order valence-electron chi connectivity index (χ4n) is 2.08. The summed E-state index contributed by atoms with van der Waals surface area (Å²) >= 11 is 5.94. The van der Waals surface area contributed by atoms with Gasteiger partial charge in [-0.15, -0.1) is 0 Å². The zero-order chi connectivity index (χ0) is 17.5.